The minimum absolute atomic E-state index is 0.120. The highest BCUT2D eigenvalue weighted by Crippen LogP contribution is 2.22. The highest BCUT2D eigenvalue weighted by Gasteiger charge is 2.17. The maximum Gasteiger partial charge on any atom is 0.412 e. The third-order valence-corrected chi connectivity index (χ3v) is 4.70. The molecular weight excluding hydrogens is 380 g/mol. The molecule has 1 aromatic carbocycles. The van der Waals surface area contributed by atoms with E-state index in [9.17, 15) is 14.7 Å². The molecule has 0 unspecified atom stereocenters. The Hall–Kier alpha value is -2.24. The number of anilines is 1. The summed E-state index contributed by atoms with van der Waals surface area (Å²) in [5.74, 6) is -0.471. The minimum Gasteiger partial charge on any atom is -0.507 e. The van der Waals surface area contributed by atoms with Crippen molar-refractivity contribution < 1.29 is 19.4 Å². The molecule has 3 N–H and O–H groups in total. The van der Waals surface area contributed by atoms with Crippen LogP contribution < -0.4 is 10.6 Å². The van der Waals surface area contributed by atoms with E-state index in [0.29, 0.717) is 12.2 Å². The number of unbranched alkanes of at least 4 members (excludes halogenated alkanes) is 9. The summed E-state index contributed by atoms with van der Waals surface area (Å²) in [4.78, 5) is 24.3. The number of phenols is 1. The number of rotatable bonds is 13. The van der Waals surface area contributed by atoms with Crippen molar-refractivity contribution in [3.05, 3.63) is 23.8 Å². The van der Waals surface area contributed by atoms with Gasteiger partial charge in [-0.05, 0) is 45.4 Å². The Kier molecular flexibility index (Phi) is 11.9. The zero-order valence-electron chi connectivity index (χ0n) is 19.2. The van der Waals surface area contributed by atoms with Crippen LogP contribution >= 0.6 is 0 Å². The Morgan fingerprint density at radius 2 is 1.50 bits per heavy atom. The average Bonchev–Trinajstić information content (AvgIpc) is 2.66. The van der Waals surface area contributed by atoms with Crippen LogP contribution in [0.2, 0.25) is 0 Å². The van der Waals surface area contributed by atoms with E-state index in [1.54, 1.807) is 20.8 Å². The number of amides is 2. The van der Waals surface area contributed by atoms with Gasteiger partial charge < -0.3 is 15.2 Å². The van der Waals surface area contributed by atoms with Crippen molar-refractivity contribution >= 4 is 17.7 Å². The average molecular weight is 421 g/mol. The number of benzene rings is 1. The van der Waals surface area contributed by atoms with Crippen LogP contribution in [0.4, 0.5) is 10.5 Å². The normalized spacial score (nSPS) is 11.2. The number of aromatic hydroxyl groups is 1. The topological polar surface area (TPSA) is 87.7 Å². The van der Waals surface area contributed by atoms with E-state index in [1.165, 1.54) is 69.6 Å². The van der Waals surface area contributed by atoms with Gasteiger partial charge in [-0.15, -0.1) is 0 Å². The lowest BCUT2D eigenvalue weighted by Crippen LogP contribution is -2.27. The molecule has 30 heavy (non-hydrogen) atoms. The van der Waals surface area contributed by atoms with E-state index in [0.717, 1.165) is 12.8 Å². The maximum absolute atomic E-state index is 12.4. The molecule has 1 aromatic rings. The Balaban J connectivity index is 2.30. The monoisotopic (exact) mass is 420 g/mol. The number of nitrogens with one attached hydrogen (secondary N) is 2. The van der Waals surface area contributed by atoms with Crippen LogP contribution in [0.1, 0.15) is 102 Å². The molecule has 0 atom stereocenters. The third-order valence-electron chi connectivity index (χ3n) is 4.70. The van der Waals surface area contributed by atoms with Gasteiger partial charge in [0.05, 0.1) is 5.56 Å². The summed E-state index contributed by atoms with van der Waals surface area (Å²) in [5.41, 5.74) is -0.0854. The quantitative estimate of drug-likeness (QED) is 0.255. The number of ether oxygens (including phenoxy) is 1. The highest BCUT2D eigenvalue weighted by atomic mass is 16.6. The van der Waals surface area contributed by atoms with Gasteiger partial charge in [0.2, 0.25) is 0 Å². The number of hydrogen-bond acceptors (Lipinski definition) is 4. The number of carbonyl (C=O) groups excluding carboxylic acids is 2. The van der Waals surface area contributed by atoms with Crippen molar-refractivity contribution in [2.75, 3.05) is 11.9 Å². The summed E-state index contributed by atoms with van der Waals surface area (Å²) in [7, 11) is 0. The van der Waals surface area contributed by atoms with Crippen molar-refractivity contribution in [3.63, 3.8) is 0 Å². The molecule has 2 amide bonds. The second kappa shape index (κ2) is 13.9. The molecule has 170 valence electrons. The fourth-order valence-corrected chi connectivity index (χ4v) is 3.13. The SMILES string of the molecule is CCCCCCCCCCCCNC(=O)c1cc(NC(=O)OC(C)(C)C)ccc1O. The van der Waals surface area contributed by atoms with Crippen molar-refractivity contribution in [2.24, 2.45) is 0 Å². The lowest BCUT2D eigenvalue weighted by atomic mass is 10.1. The molecular formula is C24H40N2O4. The zero-order valence-corrected chi connectivity index (χ0v) is 19.2. The van der Waals surface area contributed by atoms with E-state index in [4.69, 9.17) is 4.74 Å². The van der Waals surface area contributed by atoms with Crippen molar-refractivity contribution in [1.29, 1.82) is 0 Å². The first kappa shape index (κ1) is 25.8. The summed E-state index contributed by atoms with van der Waals surface area (Å²) in [6.45, 7) is 8.12. The molecule has 0 heterocycles. The van der Waals surface area contributed by atoms with Gasteiger partial charge in [-0.1, -0.05) is 64.7 Å². The molecule has 0 saturated carbocycles. The fourth-order valence-electron chi connectivity index (χ4n) is 3.13. The van der Waals surface area contributed by atoms with Crippen LogP contribution in [-0.4, -0.2) is 29.3 Å². The number of hydrogen-bond donors (Lipinski definition) is 3. The molecule has 0 aliphatic heterocycles. The van der Waals surface area contributed by atoms with Gasteiger partial charge in [0.25, 0.3) is 5.91 Å². The van der Waals surface area contributed by atoms with Gasteiger partial charge >= 0.3 is 6.09 Å². The van der Waals surface area contributed by atoms with Gasteiger partial charge in [0.15, 0.2) is 0 Å². The summed E-state index contributed by atoms with van der Waals surface area (Å²) >= 11 is 0. The molecule has 0 aliphatic rings. The Labute approximate surface area is 181 Å². The molecule has 0 fully saturated rings. The van der Waals surface area contributed by atoms with Crippen LogP contribution in [0.5, 0.6) is 5.75 Å². The molecule has 0 aromatic heterocycles. The van der Waals surface area contributed by atoms with E-state index < -0.39 is 11.7 Å². The molecule has 0 radical (unpaired) electrons. The van der Waals surface area contributed by atoms with Crippen LogP contribution in [0.25, 0.3) is 0 Å². The summed E-state index contributed by atoms with van der Waals surface area (Å²) in [5, 5.41) is 15.4. The maximum atomic E-state index is 12.4. The molecule has 6 nitrogen and oxygen atoms in total. The number of phenolic OH excluding ortho intramolecular Hbond substituents is 1. The molecule has 0 bridgehead atoms. The third kappa shape index (κ3) is 11.7. The van der Waals surface area contributed by atoms with E-state index in [1.807, 2.05) is 0 Å². The molecule has 0 aliphatic carbocycles. The zero-order chi connectivity index (χ0) is 22.4. The minimum atomic E-state index is -0.615. The van der Waals surface area contributed by atoms with Crippen LogP contribution in [0.3, 0.4) is 0 Å². The molecule has 6 heteroatoms. The van der Waals surface area contributed by atoms with Gasteiger partial charge in [0.1, 0.15) is 11.4 Å². The first-order valence-electron chi connectivity index (χ1n) is 11.3. The van der Waals surface area contributed by atoms with Crippen molar-refractivity contribution in [1.82, 2.24) is 5.32 Å². The summed E-state index contributed by atoms with van der Waals surface area (Å²) in [6.07, 6.45) is 11.8. The smallest absolute Gasteiger partial charge is 0.412 e. The lowest BCUT2D eigenvalue weighted by Gasteiger charge is -2.19. The highest BCUT2D eigenvalue weighted by molar-refractivity contribution is 5.98. The van der Waals surface area contributed by atoms with E-state index in [2.05, 4.69) is 17.6 Å². The molecule has 0 spiro atoms. The lowest BCUT2D eigenvalue weighted by molar-refractivity contribution is 0.0635. The summed E-state index contributed by atoms with van der Waals surface area (Å²) < 4.78 is 5.20. The van der Waals surface area contributed by atoms with Crippen LogP contribution in [0.15, 0.2) is 18.2 Å². The number of carbonyl (C=O) groups is 2. The largest absolute Gasteiger partial charge is 0.507 e. The fraction of sp³-hybridized carbons (Fsp3) is 0.667. The molecule has 0 saturated heterocycles. The van der Waals surface area contributed by atoms with Crippen molar-refractivity contribution in [2.45, 2.75) is 97.5 Å². The second-order valence-electron chi connectivity index (χ2n) is 8.80. The predicted molar refractivity (Wildman–Crippen MR) is 122 cm³/mol. The Morgan fingerprint density at radius 3 is 2.07 bits per heavy atom. The van der Waals surface area contributed by atoms with Gasteiger partial charge in [-0.2, -0.15) is 0 Å². The van der Waals surface area contributed by atoms with Gasteiger partial charge in [-0.25, -0.2) is 4.79 Å². The van der Waals surface area contributed by atoms with Crippen LogP contribution in [0, 0.1) is 0 Å². The Morgan fingerprint density at radius 1 is 0.933 bits per heavy atom. The van der Waals surface area contributed by atoms with Gasteiger partial charge in [0, 0.05) is 12.2 Å². The summed E-state index contributed by atoms with van der Waals surface area (Å²) in [6, 6.07) is 4.37. The first-order valence-corrected chi connectivity index (χ1v) is 11.3. The van der Waals surface area contributed by atoms with E-state index >= 15 is 0 Å². The Bertz CT molecular complexity index is 653. The van der Waals surface area contributed by atoms with E-state index in [-0.39, 0.29) is 17.2 Å². The standard InChI is InChI=1S/C24H40N2O4/c1-5-6-7-8-9-10-11-12-13-14-17-25-22(28)20-18-19(15-16-21(20)27)26-23(29)30-24(2,3)4/h15-16,18,27H,5-14,17H2,1-4H3,(H,25,28)(H,26,29). The van der Waals surface area contributed by atoms with Crippen molar-refractivity contribution in [3.8, 4) is 5.75 Å². The first-order chi connectivity index (χ1) is 14.2. The molecule has 1 rings (SSSR count). The predicted octanol–water partition coefficient (Wildman–Crippen LogP) is 6.39. The van der Waals surface area contributed by atoms with Crippen LogP contribution in [-0.2, 0) is 4.74 Å². The second-order valence-corrected chi connectivity index (χ2v) is 8.80. The van der Waals surface area contributed by atoms with Gasteiger partial charge in [-0.3, -0.25) is 10.1 Å².